The molecule has 1 heterocycles. The first kappa shape index (κ1) is 24.9. The lowest BCUT2D eigenvalue weighted by Crippen LogP contribution is -2.32. The maximum absolute atomic E-state index is 13.5. The van der Waals surface area contributed by atoms with Crippen molar-refractivity contribution in [1.82, 2.24) is 0 Å². The maximum Gasteiger partial charge on any atom is 0.283 e. The Labute approximate surface area is 214 Å². The lowest BCUT2D eigenvalue weighted by Gasteiger charge is -2.16. The fourth-order valence-electron chi connectivity index (χ4n) is 3.42. The molecule has 0 spiro atoms. The van der Waals surface area contributed by atoms with E-state index in [0.717, 1.165) is 17.0 Å². The molecular weight excluding hydrogens is 510 g/mol. The van der Waals surface area contributed by atoms with Gasteiger partial charge in [-0.25, -0.2) is 9.29 Å². The van der Waals surface area contributed by atoms with Crippen LogP contribution in [0.15, 0.2) is 71.4 Å². The first-order valence-electron chi connectivity index (χ1n) is 10.4. The van der Waals surface area contributed by atoms with E-state index in [9.17, 15) is 23.6 Å². The zero-order chi connectivity index (χ0) is 26.1. The highest BCUT2D eigenvalue weighted by atomic mass is 35.5. The van der Waals surface area contributed by atoms with Crippen LogP contribution in [0.4, 0.5) is 21.5 Å². The molecule has 0 saturated heterocycles. The fourth-order valence-corrected chi connectivity index (χ4v) is 3.81. The maximum atomic E-state index is 13.5. The Hall–Kier alpha value is -4.21. The van der Waals surface area contributed by atoms with Gasteiger partial charge in [0.15, 0.2) is 0 Å². The summed E-state index contributed by atoms with van der Waals surface area (Å²) < 4.78 is 13.5. The highest BCUT2D eigenvalue weighted by Gasteiger charge is 2.39. The summed E-state index contributed by atoms with van der Waals surface area (Å²) in [4.78, 5) is 50.5. The SMILES string of the molecule is Cc1ccc(C(=O)Nc2ccc(C(N)=O)cc2)cc1NC1=C(Cl)C(=O)N(c2ccc(F)c(Cl)c2)C1=O. The van der Waals surface area contributed by atoms with E-state index in [-0.39, 0.29) is 27.0 Å². The van der Waals surface area contributed by atoms with Crippen LogP contribution in [-0.4, -0.2) is 23.6 Å². The van der Waals surface area contributed by atoms with Gasteiger partial charge in [0.1, 0.15) is 16.5 Å². The number of hydrogen-bond acceptors (Lipinski definition) is 5. The van der Waals surface area contributed by atoms with E-state index in [1.54, 1.807) is 19.1 Å². The molecule has 0 fully saturated rings. The quantitative estimate of drug-likeness (QED) is 0.406. The molecule has 4 N–H and O–H groups in total. The molecule has 0 atom stereocenters. The average molecular weight is 527 g/mol. The van der Waals surface area contributed by atoms with Gasteiger partial charge in [0.2, 0.25) is 5.91 Å². The molecule has 0 bridgehead atoms. The standard InChI is InChI=1S/C25H17Cl2FN4O4/c1-12-2-3-14(23(34)30-15-6-4-13(5-7-15)22(29)33)10-19(12)31-21-20(27)24(35)32(25(21)36)16-8-9-18(28)17(26)11-16/h2-11,31H,1H3,(H2,29,33)(H,30,34). The Morgan fingerprint density at radius 3 is 2.22 bits per heavy atom. The van der Waals surface area contributed by atoms with Crippen LogP contribution >= 0.6 is 23.2 Å². The molecule has 0 radical (unpaired) electrons. The zero-order valence-corrected chi connectivity index (χ0v) is 20.1. The van der Waals surface area contributed by atoms with Crippen LogP contribution in [0.5, 0.6) is 0 Å². The lowest BCUT2D eigenvalue weighted by atomic mass is 10.1. The molecule has 1 aliphatic rings. The van der Waals surface area contributed by atoms with Gasteiger partial charge in [0.05, 0.1) is 10.7 Å². The Morgan fingerprint density at radius 1 is 0.917 bits per heavy atom. The van der Waals surface area contributed by atoms with Crippen molar-refractivity contribution in [1.29, 1.82) is 0 Å². The van der Waals surface area contributed by atoms with Crippen molar-refractivity contribution in [3.63, 3.8) is 0 Å². The van der Waals surface area contributed by atoms with E-state index in [1.165, 1.54) is 36.4 Å². The van der Waals surface area contributed by atoms with Gasteiger partial charge in [-0.3, -0.25) is 19.2 Å². The highest BCUT2D eigenvalue weighted by molar-refractivity contribution is 6.53. The van der Waals surface area contributed by atoms with Gasteiger partial charge in [-0.2, -0.15) is 0 Å². The van der Waals surface area contributed by atoms with Gasteiger partial charge in [-0.05, 0) is 67.1 Å². The second-order valence-electron chi connectivity index (χ2n) is 7.78. The number of imide groups is 1. The van der Waals surface area contributed by atoms with E-state index < -0.39 is 29.4 Å². The van der Waals surface area contributed by atoms with Crippen molar-refractivity contribution < 1.29 is 23.6 Å². The molecular formula is C25H17Cl2FN4O4. The summed E-state index contributed by atoms with van der Waals surface area (Å²) in [5.41, 5.74) is 7.08. The molecule has 0 saturated carbocycles. The number of aryl methyl sites for hydroxylation is 1. The molecule has 1 aliphatic heterocycles. The van der Waals surface area contributed by atoms with Crippen LogP contribution in [0.1, 0.15) is 26.3 Å². The average Bonchev–Trinajstić information content (AvgIpc) is 3.05. The van der Waals surface area contributed by atoms with Gasteiger partial charge in [0, 0.05) is 22.5 Å². The van der Waals surface area contributed by atoms with Gasteiger partial charge in [-0.15, -0.1) is 0 Å². The number of anilines is 3. The molecule has 0 aliphatic carbocycles. The Morgan fingerprint density at radius 2 is 1.58 bits per heavy atom. The minimum absolute atomic E-state index is 0.0542. The number of carbonyl (C=O) groups is 4. The number of nitrogens with one attached hydrogen (secondary N) is 2. The minimum atomic E-state index is -0.808. The third-order valence-electron chi connectivity index (χ3n) is 5.38. The van der Waals surface area contributed by atoms with E-state index in [2.05, 4.69) is 10.6 Å². The van der Waals surface area contributed by atoms with Crippen LogP contribution in [0.2, 0.25) is 5.02 Å². The highest BCUT2D eigenvalue weighted by Crippen LogP contribution is 2.33. The van der Waals surface area contributed by atoms with Crippen molar-refractivity contribution in [2.75, 3.05) is 15.5 Å². The van der Waals surface area contributed by atoms with Gasteiger partial charge < -0.3 is 16.4 Å². The molecule has 3 aromatic rings. The second-order valence-corrected chi connectivity index (χ2v) is 8.57. The summed E-state index contributed by atoms with van der Waals surface area (Å²) in [5.74, 6) is -3.32. The predicted molar refractivity (Wildman–Crippen MR) is 134 cm³/mol. The summed E-state index contributed by atoms with van der Waals surface area (Å²) in [6.45, 7) is 1.74. The van der Waals surface area contributed by atoms with E-state index in [1.807, 2.05) is 0 Å². The summed E-state index contributed by atoms with van der Waals surface area (Å²) in [6.07, 6.45) is 0. The number of nitrogens with zero attached hydrogens (tertiary/aromatic N) is 1. The number of primary amides is 1. The summed E-state index contributed by atoms with van der Waals surface area (Å²) >= 11 is 12.0. The van der Waals surface area contributed by atoms with Crippen LogP contribution in [0.3, 0.4) is 0 Å². The molecule has 0 unspecified atom stereocenters. The van der Waals surface area contributed by atoms with Gasteiger partial charge in [-0.1, -0.05) is 29.3 Å². The summed E-state index contributed by atoms with van der Waals surface area (Å²) in [5, 5.41) is 4.91. The number of nitrogens with two attached hydrogens (primary N) is 1. The first-order chi connectivity index (χ1) is 17.1. The predicted octanol–water partition coefficient (Wildman–Crippen LogP) is 4.57. The molecule has 4 amide bonds. The van der Waals surface area contributed by atoms with Crippen molar-refractivity contribution in [3.8, 4) is 0 Å². The number of carbonyl (C=O) groups excluding carboxylic acids is 4. The molecule has 4 rings (SSSR count). The number of benzene rings is 3. The fraction of sp³-hybridized carbons (Fsp3) is 0.0400. The third kappa shape index (κ3) is 4.79. The van der Waals surface area contributed by atoms with Crippen molar-refractivity contribution in [3.05, 3.63) is 98.9 Å². The van der Waals surface area contributed by atoms with Gasteiger partial charge in [0.25, 0.3) is 17.7 Å². The van der Waals surface area contributed by atoms with Crippen LogP contribution in [0.25, 0.3) is 0 Å². The van der Waals surface area contributed by atoms with E-state index >= 15 is 0 Å². The smallest absolute Gasteiger partial charge is 0.283 e. The van der Waals surface area contributed by atoms with Crippen molar-refractivity contribution in [2.45, 2.75) is 6.92 Å². The third-order valence-corrected chi connectivity index (χ3v) is 6.02. The number of amides is 4. The number of hydrogen-bond donors (Lipinski definition) is 3. The monoisotopic (exact) mass is 526 g/mol. The molecule has 8 nitrogen and oxygen atoms in total. The van der Waals surface area contributed by atoms with Crippen LogP contribution in [0, 0.1) is 12.7 Å². The lowest BCUT2D eigenvalue weighted by molar-refractivity contribution is -0.120. The Kier molecular flexibility index (Phi) is 6.78. The minimum Gasteiger partial charge on any atom is -0.366 e. The number of rotatable bonds is 6. The molecule has 0 aromatic heterocycles. The molecule has 36 heavy (non-hydrogen) atoms. The number of halogens is 3. The molecule has 182 valence electrons. The van der Waals surface area contributed by atoms with E-state index in [0.29, 0.717) is 22.5 Å². The van der Waals surface area contributed by atoms with Crippen LogP contribution in [-0.2, 0) is 9.59 Å². The topological polar surface area (TPSA) is 122 Å². The largest absolute Gasteiger partial charge is 0.366 e. The molecule has 11 heteroatoms. The normalized spacial score (nSPS) is 13.3. The summed E-state index contributed by atoms with van der Waals surface area (Å²) in [6, 6.07) is 14.2. The van der Waals surface area contributed by atoms with Crippen molar-refractivity contribution in [2.24, 2.45) is 5.73 Å². The van der Waals surface area contributed by atoms with Crippen molar-refractivity contribution >= 4 is 63.9 Å². The first-order valence-corrected chi connectivity index (χ1v) is 11.1. The zero-order valence-electron chi connectivity index (χ0n) is 18.6. The van der Waals surface area contributed by atoms with Gasteiger partial charge >= 0.3 is 0 Å². The Balaban J connectivity index is 1.56. The molecule has 3 aromatic carbocycles. The summed E-state index contributed by atoms with van der Waals surface area (Å²) in [7, 11) is 0. The second kappa shape index (κ2) is 9.80. The Bertz CT molecular complexity index is 1470. The van der Waals surface area contributed by atoms with E-state index in [4.69, 9.17) is 28.9 Å². The van der Waals surface area contributed by atoms with Crippen LogP contribution < -0.4 is 21.3 Å².